The number of benzene rings is 1. The van der Waals surface area contributed by atoms with Gasteiger partial charge < -0.3 is 5.11 Å². The van der Waals surface area contributed by atoms with Gasteiger partial charge in [-0.25, -0.2) is 13.2 Å². The van der Waals surface area contributed by atoms with E-state index in [2.05, 4.69) is 6.92 Å². The molecule has 0 bridgehead atoms. The molecule has 0 aliphatic heterocycles. The molecular weight excluding hydrogens is 241 g/mol. The highest BCUT2D eigenvalue weighted by Gasteiger charge is 2.40. The van der Waals surface area contributed by atoms with Crippen molar-refractivity contribution in [2.75, 3.05) is 0 Å². The lowest BCUT2D eigenvalue weighted by Crippen LogP contribution is -2.36. The molecule has 0 heterocycles. The summed E-state index contributed by atoms with van der Waals surface area (Å²) in [6.45, 7) is 4.05. The highest BCUT2D eigenvalue weighted by atomic mass is 19.2. The molecule has 2 rings (SSSR count). The summed E-state index contributed by atoms with van der Waals surface area (Å²) < 4.78 is 39.9. The zero-order chi connectivity index (χ0) is 13.5. The van der Waals surface area contributed by atoms with Crippen LogP contribution < -0.4 is 0 Å². The fraction of sp³-hybridized carbons (Fsp3) is 0.571. The first kappa shape index (κ1) is 13.4. The number of halogens is 3. The number of aliphatic hydroxyl groups is 1. The smallest absolute Gasteiger partial charge is 0.194 e. The molecule has 1 aromatic rings. The van der Waals surface area contributed by atoms with E-state index in [0.29, 0.717) is 18.8 Å². The van der Waals surface area contributed by atoms with Crippen molar-refractivity contribution in [3.05, 3.63) is 35.1 Å². The molecule has 1 fully saturated rings. The maximum absolute atomic E-state index is 13.7. The number of hydrogen-bond donors (Lipinski definition) is 1. The third kappa shape index (κ3) is 2.14. The molecule has 0 saturated heterocycles. The Morgan fingerprint density at radius 3 is 2.39 bits per heavy atom. The third-order valence-electron chi connectivity index (χ3n) is 4.18. The summed E-state index contributed by atoms with van der Waals surface area (Å²) >= 11 is 0. The van der Waals surface area contributed by atoms with Gasteiger partial charge in [-0.2, -0.15) is 0 Å². The lowest BCUT2D eigenvalue weighted by Gasteiger charge is -2.39. The van der Waals surface area contributed by atoms with Crippen LogP contribution in [0.2, 0.25) is 0 Å². The molecule has 0 spiro atoms. The van der Waals surface area contributed by atoms with E-state index in [4.69, 9.17) is 0 Å². The van der Waals surface area contributed by atoms with Crippen LogP contribution in [-0.4, -0.2) is 5.11 Å². The van der Waals surface area contributed by atoms with Crippen molar-refractivity contribution < 1.29 is 18.3 Å². The molecule has 1 aliphatic carbocycles. The summed E-state index contributed by atoms with van der Waals surface area (Å²) in [4.78, 5) is 0. The summed E-state index contributed by atoms with van der Waals surface area (Å²) in [7, 11) is 0. The Morgan fingerprint density at radius 1 is 1.11 bits per heavy atom. The summed E-state index contributed by atoms with van der Waals surface area (Å²) in [5, 5.41) is 10.5. The van der Waals surface area contributed by atoms with Gasteiger partial charge in [0, 0.05) is 5.56 Å². The molecule has 0 aromatic heterocycles. The lowest BCUT2D eigenvalue weighted by atomic mass is 9.70. The van der Waals surface area contributed by atoms with Gasteiger partial charge >= 0.3 is 0 Å². The van der Waals surface area contributed by atoms with E-state index < -0.39 is 23.1 Å². The SMILES string of the molecule is CC1CCC(O)(c2ccc(F)c(F)c2F)CC1C. The van der Waals surface area contributed by atoms with Crippen LogP contribution in [-0.2, 0) is 5.60 Å². The Balaban J connectivity index is 2.39. The second-order valence-electron chi connectivity index (χ2n) is 5.45. The average Bonchev–Trinajstić information content (AvgIpc) is 2.31. The lowest BCUT2D eigenvalue weighted by molar-refractivity contribution is -0.0367. The zero-order valence-corrected chi connectivity index (χ0v) is 10.5. The van der Waals surface area contributed by atoms with Gasteiger partial charge in [0.1, 0.15) is 0 Å². The molecule has 18 heavy (non-hydrogen) atoms. The first-order chi connectivity index (χ1) is 8.35. The maximum atomic E-state index is 13.7. The van der Waals surface area contributed by atoms with Crippen LogP contribution in [0.1, 0.15) is 38.7 Å². The highest BCUT2D eigenvalue weighted by molar-refractivity contribution is 5.27. The van der Waals surface area contributed by atoms with E-state index in [9.17, 15) is 18.3 Å². The van der Waals surface area contributed by atoms with E-state index in [-0.39, 0.29) is 11.5 Å². The predicted octanol–water partition coefficient (Wildman–Crippen LogP) is 3.75. The van der Waals surface area contributed by atoms with Crippen LogP contribution in [0.15, 0.2) is 12.1 Å². The quantitative estimate of drug-likeness (QED) is 0.761. The van der Waals surface area contributed by atoms with Crippen molar-refractivity contribution in [3.63, 3.8) is 0 Å². The number of hydrogen-bond acceptors (Lipinski definition) is 1. The molecular formula is C14H17F3O. The van der Waals surface area contributed by atoms with Crippen LogP contribution >= 0.6 is 0 Å². The van der Waals surface area contributed by atoms with E-state index in [1.807, 2.05) is 6.92 Å². The zero-order valence-electron chi connectivity index (χ0n) is 10.5. The first-order valence-electron chi connectivity index (χ1n) is 6.21. The first-order valence-corrected chi connectivity index (χ1v) is 6.21. The van der Waals surface area contributed by atoms with Gasteiger partial charge in [-0.15, -0.1) is 0 Å². The van der Waals surface area contributed by atoms with Crippen molar-refractivity contribution >= 4 is 0 Å². The van der Waals surface area contributed by atoms with Crippen molar-refractivity contribution in [1.29, 1.82) is 0 Å². The van der Waals surface area contributed by atoms with E-state index in [1.54, 1.807) is 0 Å². The highest BCUT2D eigenvalue weighted by Crippen LogP contribution is 2.43. The Morgan fingerprint density at radius 2 is 1.78 bits per heavy atom. The minimum Gasteiger partial charge on any atom is -0.385 e. The Kier molecular flexibility index (Phi) is 3.41. The summed E-state index contributed by atoms with van der Waals surface area (Å²) in [6, 6.07) is 2.02. The Hall–Kier alpha value is -1.03. The van der Waals surface area contributed by atoms with Crippen LogP contribution in [0.25, 0.3) is 0 Å². The molecule has 1 N–H and O–H groups in total. The normalized spacial score (nSPS) is 32.6. The van der Waals surface area contributed by atoms with Crippen molar-refractivity contribution in [1.82, 2.24) is 0 Å². The second kappa shape index (κ2) is 4.57. The number of rotatable bonds is 1. The Labute approximate surface area is 105 Å². The molecule has 4 heteroatoms. The van der Waals surface area contributed by atoms with Crippen LogP contribution in [0, 0.1) is 29.3 Å². The fourth-order valence-electron chi connectivity index (χ4n) is 2.72. The van der Waals surface area contributed by atoms with E-state index in [0.717, 1.165) is 18.6 Å². The van der Waals surface area contributed by atoms with Gasteiger partial charge in [0.25, 0.3) is 0 Å². The minimum absolute atomic E-state index is 0.125. The maximum Gasteiger partial charge on any atom is 0.194 e. The van der Waals surface area contributed by atoms with E-state index in [1.165, 1.54) is 0 Å². The van der Waals surface area contributed by atoms with Crippen molar-refractivity contribution in [3.8, 4) is 0 Å². The molecule has 100 valence electrons. The predicted molar refractivity (Wildman–Crippen MR) is 62.4 cm³/mol. The monoisotopic (exact) mass is 258 g/mol. The second-order valence-corrected chi connectivity index (χ2v) is 5.45. The van der Waals surface area contributed by atoms with Crippen LogP contribution in [0.4, 0.5) is 13.2 Å². The van der Waals surface area contributed by atoms with Gasteiger partial charge in [0.2, 0.25) is 0 Å². The third-order valence-corrected chi connectivity index (χ3v) is 4.18. The fourth-order valence-corrected chi connectivity index (χ4v) is 2.72. The molecule has 3 unspecified atom stereocenters. The van der Waals surface area contributed by atoms with E-state index >= 15 is 0 Å². The van der Waals surface area contributed by atoms with Crippen molar-refractivity contribution in [2.45, 2.75) is 38.7 Å². The molecule has 1 aromatic carbocycles. The standard InChI is InChI=1S/C14H17F3O/c1-8-5-6-14(18,7-9(8)2)10-3-4-11(15)13(17)12(10)16/h3-4,8-9,18H,5-7H2,1-2H3. The van der Waals surface area contributed by atoms with Crippen LogP contribution in [0.3, 0.4) is 0 Å². The molecule has 3 atom stereocenters. The van der Waals surface area contributed by atoms with Gasteiger partial charge in [-0.1, -0.05) is 19.9 Å². The molecule has 1 aliphatic rings. The molecule has 0 amide bonds. The average molecular weight is 258 g/mol. The van der Waals surface area contributed by atoms with Gasteiger partial charge in [-0.3, -0.25) is 0 Å². The topological polar surface area (TPSA) is 20.2 Å². The van der Waals surface area contributed by atoms with Gasteiger partial charge in [0.05, 0.1) is 5.60 Å². The van der Waals surface area contributed by atoms with Gasteiger partial charge in [0.15, 0.2) is 17.5 Å². The summed E-state index contributed by atoms with van der Waals surface area (Å²) in [6.07, 6.45) is 1.49. The largest absolute Gasteiger partial charge is 0.385 e. The van der Waals surface area contributed by atoms with Crippen LogP contribution in [0.5, 0.6) is 0 Å². The summed E-state index contributed by atoms with van der Waals surface area (Å²) in [5.41, 5.74) is -1.51. The minimum atomic E-state index is -1.51. The van der Waals surface area contributed by atoms with Gasteiger partial charge in [-0.05, 0) is 37.2 Å². The molecule has 0 radical (unpaired) electrons. The summed E-state index contributed by atoms with van der Waals surface area (Å²) in [5.74, 6) is -3.33. The molecule has 1 nitrogen and oxygen atoms in total. The Bertz CT molecular complexity index is 461. The molecule has 1 saturated carbocycles. The van der Waals surface area contributed by atoms with Crippen molar-refractivity contribution in [2.24, 2.45) is 11.8 Å².